The summed E-state index contributed by atoms with van der Waals surface area (Å²) in [6.07, 6.45) is 4.25. The van der Waals surface area contributed by atoms with Gasteiger partial charge in [0.2, 0.25) is 0 Å². The number of hydrogen-bond acceptors (Lipinski definition) is 4. The molecule has 1 heterocycles. The van der Waals surface area contributed by atoms with E-state index in [1.165, 1.54) is 5.56 Å². The molecule has 1 aromatic carbocycles. The molecule has 1 unspecified atom stereocenters. The predicted molar refractivity (Wildman–Crippen MR) is 104 cm³/mol. The Balaban J connectivity index is 1.86. The number of halogens is 1. The Labute approximate surface area is 164 Å². The molecule has 1 fully saturated rings. The molecule has 27 heavy (non-hydrogen) atoms. The van der Waals surface area contributed by atoms with Gasteiger partial charge in [0, 0.05) is 22.8 Å². The summed E-state index contributed by atoms with van der Waals surface area (Å²) in [5, 5.41) is 9.83. The molecule has 0 aromatic heterocycles. The summed E-state index contributed by atoms with van der Waals surface area (Å²) in [7, 11) is 0. The molecule has 146 valence electrons. The summed E-state index contributed by atoms with van der Waals surface area (Å²) in [5.74, 6) is -0.402. The van der Waals surface area contributed by atoms with Crippen molar-refractivity contribution in [1.82, 2.24) is 16.0 Å². The molecule has 0 radical (unpaired) electrons. The first-order valence-corrected chi connectivity index (χ1v) is 9.82. The van der Waals surface area contributed by atoms with Gasteiger partial charge >= 0.3 is 12.0 Å². The summed E-state index contributed by atoms with van der Waals surface area (Å²) < 4.78 is 5.18. The molecule has 1 aromatic rings. The number of hydrogen-bond donors (Lipinski definition) is 3. The fourth-order valence-corrected chi connectivity index (χ4v) is 4.12. The number of ether oxygens (including phenoxy) is 1. The fourth-order valence-electron chi connectivity index (χ4n) is 3.99. The van der Waals surface area contributed by atoms with Gasteiger partial charge in [-0.2, -0.15) is 0 Å². The third kappa shape index (κ3) is 4.28. The highest BCUT2D eigenvalue weighted by Crippen LogP contribution is 2.39. The first-order chi connectivity index (χ1) is 12.9. The number of carbonyl (C=O) groups is 2. The molecule has 6 nitrogen and oxygen atoms in total. The summed E-state index contributed by atoms with van der Waals surface area (Å²) in [6.45, 7) is 4.23. The lowest BCUT2D eigenvalue weighted by molar-refractivity contribution is -0.139. The standard InChI is InChI=1S/C20H26ClN3O3/c1-3-27-18(25)17-13(2)23-19(26)24-16(17)12-22-20(10-4-5-11-20)14-6-8-15(21)9-7-14/h6-9,13,22H,3-5,10-12H2,1-2H3,(H2,23,24,26). The van der Waals surface area contributed by atoms with Gasteiger partial charge in [-0.1, -0.05) is 36.6 Å². The van der Waals surface area contributed by atoms with E-state index in [9.17, 15) is 9.59 Å². The molecule has 0 spiro atoms. The maximum atomic E-state index is 12.4. The van der Waals surface area contributed by atoms with E-state index in [0.29, 0.717) is 29.4 Å². The quantitative estimate of drug-likeness (QED) is 0.650. The molecule has 1 saturated carbocycles. The van der Waals surface area contributed by atoms with Gasteiger partial charge in [-0.05, 0) is 44.4 Å². The zero-order chi connectivity index (χ0) is 19.4. The Morgan fingerprint density at radius 1 is 1.30 bits per heavy atom. The molecule has 2 amide bonds. The summed E-state index contributed by atoms with van der Waals surface area (Å²) in [5.41, 5.74) is 2.03. The minimum Gasteiger partial charge on any atom is -0.463 e. The average Bonchev–Trinajstić information content (AvgIpc) is 3.10. The summed E-state index contributed by atoms with van der Waals surface area (Å²) >= 11 is 6.04. The van der Waals surface area contributed by atoms with Crippen LogP contribution < -0.4 is 16.0 Å². The SMILES string of the molecule is CCOC(=O)C1=C(CNC2(c3ccc(Cl)cc3)CCCC2)NC(=O)NC1C. The Hall–Kier alpha value is -2.05. The molecule has 1 aliphatic heterocycles. The highest BCUT2D eigenvalue weighted by molar-refractivity contribution is 6.30. The first kappa shape index (κ1) is 19.7. The topological polar surface area (TPSA) is 79.5 Å². The minimum atomic E-state index is -0.402. The molecule has 3 rings (SSSR count). The van der Waals surface area contributed by atoms with Gasteiger partial charge in [0.1, 0.15) is 0 Å². The number of amides is 2. The van der Waals surface area contributed by atoms with Gasteiger partial charge in [-0.25, -0.2) is 9.59 Å². The molecule has 7 heteroatoms. The van der Waals surface area contributed by atoms with E-state index in [-0.39, 0.29) is 11.6 Å². The van der Waals surface area contributed by atoms with Gasteiger partial charge in [-0.15, -0.1) is 0 Å². The molecule has 1 aliphatic carbocycles. The van der Waals surface area contributed by atoms with Crippen molar-refractivity contribution in [1.29, 1.82) is 0 Å². The minimum absolute atomic E-state index is 0.184. The average molecular weight is 392 g/mol. The van der Waals surface area contributed by atoms with E-state index < -0.39 is 12.0 Å². The van der Waals surface area contributed by atoms with Crippen LogP contribution in [-0.2, 0) is 15.1 Å². The summed E-state index contributed by atoms with van der Waals surface area (Å²) in [6, 6.07) is 7.19. The maximum absolute atomic E-state index is 12.4. The lowest BCUT2D eigenvalue weighted by Crippen LogP contribution is -2.52. The molecule has 0 bridgehead atoms. The van der Waals surface area contributed by atoms with Crippen LogP contribution in [0.5, 0.6) is 0 Å². The van der Waals surface area contributed by atoms with Crippen LogP contribution in [0.25, 0.3) is 0 Å². The van der Waals surface area contributed by atoms with Crippen molar-refractivity contribution >= 4 is 23.6 Å². The third-order valence-corrected chi connectivity index (χ3v) is 5.57. The van der Waals surface area contributed by atoms with Gasteiger partial charge < -0.3 is 20.7 Å². The van der Waals surface area contributed by atoms with E-state index in [0.717, 1.165) is 25.7 Å². The van der Waals surface area contributed by atoms with Crippen molar-refractivity contribution in [3.8, 4) is 0 Å². The molecule has 2 aliphatic rings. The van der Waals surface area contributed by atoms with E-state index >= 15 is 0 Å². The van der Waals surface area contributed by atoms with Crippen LogP contribution in [0.15, 0.2) is 35.5 Å². The van der Waals surface area contributed by atoms with E-state index in [1.807, 2.05) is 24.3 Å². The third-order valence-electron chi connectivity index (χ3n) is 5.32. The van der Waals surface area contributed by atoms with Gasteiger partial charge in [0.05, 0.1) is 18.2 Å². The van der Waals surface area contributed by atoms with E-state index in [4.69, 9.17) is 16.3 Å². The normalized spacial score (nSPS) is 21.6. The fraction of sp³-hybridized carbons (Fsp3) is 0.500. The molecular formula is C20H26ClN3O3. The van der Waals surface area contributed by atoms with Crippen LogP contribution in [0.4, 0.5) is 4.79 Å². The van der Waals surface area contributed by atoms with Crippen LogP contribution in [0.3, 0.4) is 0 Å². The van der Waals surface area contributed by atoms with Crippen molar-refractivity contribution in [2.75, 3.05) is 13.2 Å². The monoisotopic (exact) mass is 391 g/mol. The number of rotatable bonds is 6. The number of nitrogens with one attached hydrogen (secondary N) is 3. The smallest absolute Gasteiger partial charge is 0.337 e. The van der Waals surface area contributed by atoms with Crippen molar-refractivity contribution < 1.29 is 14.3 Å². The Bertz CT molecular complexity index is 739. The number of carbonyl (C=O) groups excluding carboxylic acids is 2. The van der Waals surface area contributed by atoms with Crippen LogP contribution >= 0.6 is 11.6 Å². The maximum Gasteiger partial charge on any atom is 0.337 e. The van der Waals surface area contributed by atoms with Gasteiger partial charge in [0.25, 0.3) is 0 Å². The molecule has 1 atom stereocenters. The number of urea groups is 1. The number of esters is 1. The van der Waals surface area contributed by atoms with Crippen molar-refractivity contribution in [2.45, 2.75) is 51.1 Å². The predicted octanol–water partition coefficient (Wildman–Crippen LogP) is 3.22. The number of benzene rings is 1. The Kier molecular flexibility index (Phi) is 6.07. The van der Waals surface area contributed by atoms with Gasteiger partial charge in [-0.3, -0.25) is 0 Å². The largest absolute Gasteiger partial charge is 0.463 e. The Morgan fingerprint density at radius 2 is 1.96 bits per heavy atom. The van der Waals surface area contributed by atoms with Crippen LogP contribution in [-0.4, -0.2) is 31.2 Å². The highest BCUT2D eigenvalue weighted by atomic mass is 35.5. The lowest BCUT2D eigenvalue weighted by Gasteiger charge is -2.34. The van der Waals surface area contributed by atoms with Gasteiger partial charge in [0.15, 0.2) is 0 Å². The zero-order valence-electron chi connectivity index (χ0n) is 15.7. The second-order valence-corrected chi connectivity index (χ2v) is 7.52. The van der Waals surface area contributed by atoms with E-state index in [1.54, 1.807) is 13.8 Å². The molecular weight excluding hydrogens is 366 g/mol. The van der Waals surface area contributed by atoms with Crippen molar-refractivity contribution in [2.24, 2.45) is 0 Å². The van der Waals surface area contributed by atoms with Crippen LogP contribution in [0.1, 0.15) is 45.1 Å². The lowest BCUT2D eigenvalue weighted by atomic mass is 9.88. The molecule has 0 saturated heterocycles. The van der Waals surface area contributed by atoms with Crippen molar-refractivity contribution in [3.05, 3.63) is 46.1 Å². The Morgan fingerprint density at radius 3 is 2.59 bits per heavy atom. The van der Waals surface area contributed by atoms with Crippen LogP contribution in [0.2, 0.25) is 5.02 Å². The molecule has 3 N–H and O–H groups in total. The van der Waals surface area contributed by atoms with Crippen molar-refractivity contribution in [3.63, 3.8) is 0 Å². The summed E-state index contributed by atoms with van der Waals surface area (Å²) in [4.78, 5) is 24.3. The van der Waals surface area contributed by atoms with E-state index in [2.05, 4.69) is 16.0 Å². The second kappa shape index (κ2) is 8.31. The zero-order valence-corrected chi connectivity index (χ0v) is 16.5. The first-order valence-electron chi connectivity index (χ1n) is 9.44. The van der Waals surface area contributed by atoms with Crippen LogP contribution in [0, 0.1) is 0 Å². The highest BCUT2D eigenvalue weighted by Gasteiger charge is 2.37. The second-order valence-electron chi connectivity index (χ2n) is 7.08.